The highest BCUT2D eigenvalue weighted by Crippen LogP contribution is 2.30. The zero-order valence-corrected chi connectivity index (χ0v) is 14.5. The zero-order valence-electron chi connectivity index (χ0n) is 14.5. The second-order valence-electron chi connectivity index (χ2n) is 5.47. The summed E-state index contributed by atoms with van der Waals surface area (Å²) in [5.74, 6) is -0.961. The quantitative estimate of drug-likeness (QED) is 0.635. The topological polar surface area (TPSA) is 103 Å². The Morgan fingerprint density at radius 1 is 1.07 bits per heavy atom. The molecule has 3 aromatic rings. The van der Waals surface area contributed by atoms with E-state index in [1.54, 1.807) is 25.2 Å². The highest BCUT2D eigenvalue weighted by Gasteiger charge is 2.36. The molecule has 3 rings (SSSR count). The van der Waals surface area contributed by atoms with E-state index < -0.39 is 12.0 Å². The lowest BCUT2D eigenvalue weighted by Crippen LogP contribution is -2.12. The number of nitrogens with one attached hydrogen (secondary N) is 1. The van der Waals surface area contributed by atoms with Crippen molar-refractivity contribution in [3.63, 3.8) is 0 Å². The molecule has 138 valence electrons. The molecule has 0 aliphatic heterocycles. The minimum absolute atomic E-state index is 0.230. The van der Waals surface area contributed by atoms with Gasteiger partial charge in [-0.05, 0) is 36.4 Å². The number of aryl methyl sites for hydroxylation is 1. The lowest BCUT2D eigenvalue weighted by molar-refractivity contribution is -0.146. The van der Waals surface area contributed by atoms with Crippen LogP contribution < -0.4 is 11.1 Å². The van der Waals surface area contributed by atoms with Crippen LogP contribution in [-0.2, 0) is 13.2 Å². The Balaban J connectivity index is 0.000000208. The van der Waals surface area contributed by atoms with Gasteiger partial charge in [0.25, 0.3) is 0 Å². The van der Waals surface area contributed by atoms with Crippen LogP contribution in [-0.4, -0.2) is 16.6 Å². The van der Waals surface area contributed by atoms with Crippen LogP contribution in [0.2, 0.25) is 0 Å². The number of aromatic nitrogens is 2. The molecule has 1 aromatic heterocycles. The van der Waals surface area contributed by atoms with Gasteiger partial charge in [0.05, 0.1) is 45.7 Å². The molecular formula is C18H15F3N6. The van der Waals surface area contributed by atoms with Gasteiger partial charge in [-0.25, -0.2) is 4.98 Å². The van der Waals surface area contributed by atoms with Crippen LogP contribution in [0.4, 0.5) is 24.5 Å². The molecule has 0 saturated carbocycles. The Morgan fingerprint density at radius 2 is 1.67 bits per heavy atom. The molecule has 0 fully saturated rings. The predicted octanol–water partition coefficient (Wildman–Crippen LogP) is 3.65. The lowest BCUT2D eigenvalue weighted by atomic mass is 10.2. The first-order valence-electron chi connectivity index (χ1n) is 7.62. The van der Waals surface area contributed by atoms with Gasteiger partial charge in [-0.15, -0.1) is 0 Å². The number of alkyl halides is 3. The van der Waals surface area contributed by atoms with Gasteiger partial charge in [0.1, 0.15) is 0 Å². The summed E-state index contributed by atoms with van der Waals surface area (Å²) in [6.07, 6.45) is -4.49. The van der Waals surface area contributed by atoms with E-state index in [0.717, 1.165) is 10.3 Å². The Hall–Kier alpha value is -3.72. The lowest BCUT2D eigenvalue weighted by Gasteiger charge is -2.05. The number of imidazole rings is 1. The smallest absolute Gasteiger partial charge is 0.397 e. The number of rotatable bonds is 1. The second kappa shape index (κ2) is 7.67. The second-order valence-corrected chi connectivity index (χ2v) is 5.47. The van der Waals surface area contributed by atoms with E-state index in [1.807, 2.05) is 12.1 Å². The third-order valence-corrected chi connectivity index (χ3v) is 3.72. The Kier molecular flexibility index (Phi) is 5.57. The van der Waals surface area contributed by atoms with Crippen molar-refractivity contribution in [3.05, 3.63) is 53.3 Å². The van der Waals surface area contributed by atoms with E-state index in [-0.39, 0.29) is 5.52 Å². The van der Waals surface area contributed by atoms with Crippen molar-refractivity contribution in [1.82, 2.24) is 9.55 Å². The van der Waals surface area contributed by atoms with Gasteiger partial charge in [-0.2, -0.15) is 23.7 Å². The number of nitrogens with zero attached hydrogens (tertiary/aromatic N) is 4. The zero-order chi connectivity index (χ0) is 20.2. The fraction of sp³-hybridized carbons (Fsp3) is 0.167. The summed E-state index contributed by atoms with van der Waals surface area (Å²) < 4.78 is 38.5. The Labute approximate surface area is 153 Å². The molecule has 0 radical (unpaired) electrons. The van der Waals surface area contributed by atoms with E-state index >= 15 is 0 Å². The molecule has 1 heterocycles. The number of halogens is 3. The number of benzene rings is 2. The van der Waals surface area contributed by atoms with E-state index in [1.165, 1.54) is 25.2 Å². The maximum atomic E-state index is 12.5. The molecule has 0 aliphatic carbocycles. The van der Waals surface area contributed by atoms with Gasteiger partial charge in [0, 0.05) is 14.1 Å². The molecule has 9 heteroatoms. The fourth-order valence-corrected chi connectivity index (χ4v) is 2.36. The molecule has 0 aliphatic rings. The van der Waals surface area contributed by atoms with E-state index in [9.17, 15) is 13.2 Å². The van der Waals surface area contributed by atoms with Crippen LogP contribution in [0.5, 0.6) is 0 Å². The molecule has 2 aromatic carbocycles. The molecular weight excluding hydrogens is 357 g/mol. The molecule has 6 nitrogen and oxygen atoms in total. The van der Waals surface area contributed by atoms with Gasteiger partial charge >= 0.3 is 6.18 Å². The number of fused-ring (bicyclic) bond motifs is 1. The third kappa shape index (κ3) is 4.28. The van der Waals surface area contributed by atoms with Crippen LogP contribution in [0.25, 0.3) is 11.0 Å². The molecule has 27 heavy (non-hydrogen) atoms. The normalized spacial score (nSPS) is 10.5. The maximum absolute atomic E-state index is 12.5. The van der Waals surface area contributed by atoms with Crippen molar-refractivity contribution in [2.75, 3.05) is 18.1 Å². The molecule has 0 saturated heterocycles. The van der Waals surface area contributed by atoms with E-state index in [0.29, 0.717) is 22.3 Å². The molecule has 3 N–H and O–H groups in total. The summed E-state index contributed by atoms with van der Waals surface area (Å²) in [4.78, 5) is 3.49. The van der Waals surface area contributed by atoms with Crippen LogP contribution in [0, 0.1) is 22.7 Å². The van der Waals surface area contributed by atoms with Crippen molar-refractivity contribution in [3.8, 4) is 12.1 Å². The molecule has 0 atom stereocenters. The summed E-state index contributed by atoms with van der Waals surface area (Å²) in [5.41, 5.74) is 8.49. The van der Waals surface area contributed by atoms with Crippen LogP contribution in [0.1, 0.15) is 17.0 Å². The van der Waals surface area contributed by atoms with Crippen molar-refractivity contribution in [2.24, 2.45) is 7.05 Å². The minimum atomic E-state index is -4.49. The van der Waals surface area contributed by atoms with Gasteiger partial charge < -0.3 is 15.6 Å². The molecule has 0 bridgehead atoms. The number of hydrogen-bond acceptors (Lipinski definition) is 5. The van der Waals surface area contributed by atoms with Crippen LogP contribution >= 0.6 is 0 Å². The summed E-state index contributed by atoms with van der Waals surface area (Å²) in [5, 5.41) is 20.1. The largest absolute Gasteiger partial charge is 0.449 e. The molecule has 0 amide bonds. The fourth-order valence-electron chi connectivity index (χ4n) is 2.36. The Morgan fingerprint density at radius 3 is 2.22 bits per heavy atom. The van der Waals surface area contributed by atoms with Crippen LogP contribution in [0.3, 0.4) is 0 Å². The summed E-state index contributed by atoms with van der Waals surface area (Å²) in [6.45, 7) is 0. The van der Waals surface area contributed by atoms with Crippen LogP contribution in [0.15, 0.2) is 36.4 Å². The number of nitrogens with two attached hydrogens (primary N) is 1. The first-order valence-corrected chi connectivity index (χ1v) is 7.62. The van der Waals surface area contributed by atoms with Crippen molar-refractivity contribution in [1.29, 1.82) is 10.5 Å². The van der Waals surface area contributed by atoms with E-state index in [2.05, 4.69) is 10.3 Å². The Bertz CT molecular complexity index is 1050. The monoisotopic (exact) mass is 372 g/mol. The summed E-state index contributed by atoms with van der Waals surface area (Å²) >= 11 is 0. The number of hydrogen-bond donors (Lipinski definition) is 2. The SMILES string of the molecule is CNc1cc(C#N)ccc1N.Cn1c(C(F)(F)F)nc2ccc(C#N)cc21. The molecule has 0 unspecified atom stereocenters. The highest BCUT2D eigenvalue weighted by atomic mass is 19.4. The van der Waals surface area contributed by atoms with E-state index in [4.69, 9.17) is 16.3 Å². The van der Waals surface area contributed by atoms with Gasteiger partial charge in [-0.3, -0.25) is 0 Å². The van der Waals surface area contributed by atoms with Gasteiger partial charge in [0.2, 0.25) is 5.82 Å². The standard InChI is InChI=1S/C10H6F3N3.C8H9N3/c1-16-8-4-6(5-14)2-3-7(8)15-9(16)10(11,12)13;1-11-8-4-6(5-9)2-3-7(8)10/h2-4H,1H3;2-4,11H,10H2,1H3. The first kappa shape index (κ1) is 19.6. The summed E-state index contributed by atoms with van der Waals surface area (Å²) in [6, 6.07) is 13.3. The minimum Gasteiger partial charge on any atom is -0.397 e. The van der Waals surface area contributed by atoms with Gasteiger partial charge in [0.15, 0.2) is 0 Å². The van der Waals surface area contributed by atoms with Crippen molar-refractivity contribution in [2.45, 2.75) is 6.18 Å². The number of nitrogen functional groups attached to an aromatic ring is 1. The van der Waals surface area contributed by atoms with Gasteiger partial charge in [-0.1, -0.05) is 0 Å². The molecule has 0 spiro atoms. The maximum Gasteiger partial charge on any atom is 0.449 e. The first-order chi connectivity index (χ1) is 12.7. The van der Waals surface area contributed by atoms with Crippen molar-refractivity contribution < 1.29 is 13.2 Å². The highest BCUT2D eigenvalue weighted by molar-refractivity contribution is 5.77. The van der Waals surface area contributed by atoms with Crippen molar-refractivity contribution >= 4 is 22.4 Å². The average molecular weight is 372 g/mol. The average Bonchev–Trinajstić information content (AvgIpc) is 2.99. The summed E-state index contributed by atoms with van der Waals surface area (Å²) in [7, 11) is 3.05. The third-order valence-electron chi connectivity index (χ3n) is 3.72. The predicted molar refractivity (Wildman–Crippen MR) is 95.5 cm³/mol. The number of anilines is 2. The number of nitriles is 2.